The van der Waals surface area contributed by atoms with Crippen LogP contribution in [0.25, 0.3) is 11.0 Å². The second-order valence-electron chi connectivity index (χ2n) is 9.93. The number of amides is 1. The first-order valence-electron chi connectivity index (χ1n) is 11.5. The van der Waals surface area contributed by atoms with Crippen molar-refractivity contribution < 1.29 is 51.5 Å². The van der Waals surface area contributed by atoms with E-state index in [2.05, 4.69) is 9.97 Å². The molecule has 2 atom stereocenters. The standard InChI is InChI=1S/C24H31F3N4O4.Li/c1-15-12-16(31(11-5-6-19(32)33)22(34)35-23(2,3)4)14-30(13-15)18-8-7-17(24(25,26)27)20-21(18)29-10-9-28-20;/h7-10,15-16H,5-6,11-14H2,1-4H3,(H,32,33);/q;+1/p-1/t15-,16+;/m0./s1. The third kappa shape index (κ3) is 7.50. The Labute approximate surface area is 220 Å². The second kappa shape index (κ2) is 11.7. The minimum atomic E-state index is -4.57. The number of carbonyl (C=O) groups is 2. The molecule has 192 valence electrons. The van der Waals surface area contributed by atoms with E-state index in [1.165, 1.54) is 23.4 Å². The number of piperidine rings is 1. The molecule has 0 aliphatic carbocycles. The smallest absolute Gasteiger partial charge is 0.550 e. The zero-order chi connectivity index (χ0) is 26.0. The van der Waals surface area contributed by atoms with Crippen LogP contribution < -0.4 is 28.9 Å². The van der Waals surface area contributed by atoms with Gasteiger partial charge in [0.05, 0.1) is 17.3 Å². The van der Waals surface area contributed by atoms with Gasteiger partial charge in [-0.25, -0.2) is 4.79 Å². The van der Waals surface area contributed by atoms with Crippen molar-refractivity contribution in [3.8, 4) is 0 Å². The Bertz CT molecular complexity index is 1080. The van der Waals surface area contributed by atoms with Gasteiger partial charge in [0, 0.05) is 38.0 Å². The number of halogens is 3. The fourth-order valence-corrected chi connectivity index (χ4v) is 4.41. The van der Waals surface area contributed by atoms with Crippen molar-refractivity contribution >= 4 is 28.8 Å². The van der Waals surface area contributed by atoms with Crippen molar-refractivity contribution in [2.24, 2.45) is 5.92 Å². The molecule has 12 heteroatoms. The first-order valence-corrected chi connectivity index (χ1v) is 11.5. The van der Waals surface area contributed by atoms with Gasteiger partial charge in [0.2, 0.25) is 0 Å². The molecule has 0 spiro atoms. The van der Waals surface area contributed by atoms with Crippen molar-refractivity contribution in [3.63, 3.8) is 0 Å². The first-order chi connectivity index (χ1) is 16.3. The normalized spacial score (nSPS) is 18.5. The molecule has 3 rings (SSSR count). The quantitative estimate of drug-likeness (QED) is 0.535. The second-order valence-corrected chi connectivity index (χ2v) is 9.93. The number of carboxylic acid groups (broad SMARTS) is 1. The Morgan fingerprint density at radius 2 is 1.78 bits per heavy atom. The molecule has 1 amide bonds. The number of aliphatic carboxylic acids is 1. The van der Waals surface area contributed by atoms with Gasteiger partial charge < -0.3 is 24.4 Å². The van der Waals surface area contributed by atoms with Gasteiger partial charge in [0.25, 0.3) is 0 Å². The summed E-state index contributed by atoms with van der Waals surface area (Å²) in [4.78, 5) is 35.5. The molecule has 1 fully saturated rings. The van der Waals surface area contributed by atoms with E-state index in [0.717, 1.165) is 6.07 Å². The first kappa shape index (κ1) is 29.7. The fourth-order valence-electron chi connectivity index (χ4n) is 4.41. The summed E-state index contributed by atoms with van der Waals surface area (Å²) < 4.78 is 46.2. The predicted molar refractivity (Wildman–Crippen MR) is 122 cm³/mol. The third-order valence-corrected chi connectivity index (χ3v) is 5.74. The van der Waals surface area contributed by atoms with Gasteiger partial charge in [-0.3, -0.25) is 9.97 Å². The molecule has 0 unspecified atom stereocenters. The van der Waals surface area contributed by atoms with Gasteiger partial charge >= 0.3 is 31.1 Å². The third-order valence-electron chi connectivity index (χ3n) is 5.74. The number of carbonyl (C=O) groups excluding carboxylic acids is 2. The summed E-state index contributed by atoms with van der Waals surface area (Å²) >= 11 is 0. The Morgan fingerprint density at radius 3 is 2.36 bits per heavy atom. The Morgan fingerprint density at radius 1 is 1.14 bits per heavy atom. The largest absolute Gasteiger partial charge is 1.00 e. The van der Waals surface area contributed by atoms with E-state index in [-0.39, 0.29) is 61.2 Å². The zero-order valence-corrected chi connectivity index (χ0v) is 21.3. The van der Waals surface area contributed by atoms with Crippen LogP contribution in [0.5, 0.6) is 0 Å². The molecule has 1 aliphatic rings. The van der Waals surface area contributed by atoms with E-state index in [0.29, 0.717) is 25.2 Å². The molecular formula is C24H30F3LiN4O4. The van der Waals surface area contributed by atoms with Crippen molar-refractivity contribution in [2.75, 3.05) is 24.5 Å². The molecule has 1 aromatic heterocycles. The van der Waals surface area contributed by atoms with Crippen LogP contribution in [0, 0.1) is 5.92 Å². The van der Waals surface area contributed by atoms with Crippen LogP contribution in [0.2, 0.25) is 0 Å². The van der Waals surface area contributed by atoms with Crippen LogP contribution in [0.3, 0.4) is 0 Å². The molecule has 0 saturated carbocycles. The summed E-state index contributed by atoms with van der Waals surface area (Å²) in [5.74, 6) is -1.11. The van der Waals surface area contributed by atoms with E-state index in [4.69, 9.17) is 4.74 Å². The maximum absolute atomic E-state index is 13.5. The van der Waals surface area contributed by atoms with Crippen molar-refractivity contribution in [2.45, 2.75) is 64.8 Å². The molecule has 0 radical (unpaired) electrons. The minimum Gasteiger partial charge on any atom is -0.550 e. The van der Waals surface area contributed by atoms with Crippen LogP contribution >= 0.6 is 0 Å². The average Bonchev–Trinajstić information content (AvgIpc) is 2.73. The summed E-state index contributed by atoms with van der Waals surface area (Å²) in [5, 5.41) is 10.9. The van der Waals surface area contributed by atoms with Gasteiger partial charge in [-0.1, -0.05) is 6.92 Å². The van der Waals surface area contributed by atoms with Gasteiger partial charge in [-0.05, 0) is 58.1 Å². The SMILES string of the molecule is C[C@H]1C[C@@H](N(CCCC(=O)[O-])C(=O)OC(C)(C)C)CN(c2ccc(C(F)(F)F)c3nccnc23)C1.[Li+]. The van der Waals surface area contributed by atoms with E-state index < -0.39 is 29.4 Å². The molecule has 2 aromatic rings. The number of ether oxygens (including phenoxy) is 1. The van der Waals surface area contributed by atoms with Crippen LogP contribution in [-0.4, -0.2) is 58.2 Å². The number of carboxylic acids is 1. The number of alkyl halides is 3. The summed E-state index contributed by atoms with van der Waals surface area (Å²) in [5.41, 5.74) is -1.20. The number of hydrogen-bond acceptors (Lipinski definition) is 7. The number of aromatic nitrogens is 2. The summed E-state index contributed by atoms with van der Waals surface area (Å²) in [6, 6.07) is 2.05. The zero-order valence-electron chi connectivity index (χ0n) is 21.3. The van der Waals surface area contributed by atoms with Gasteiger partial charge in [0.1, 0.15) is 16.6 Å². The summed E-state index contributed by atoms with van der Waals surface area (Å²) in [6.45, 7) is 8.25. The predicted octanol–water partition coefficient (Wildman–Crippen LogP) is 0.635. The fraction of sp³-hybridized carbons (Fsp3) is 0.583. The number of anilines is 1. The van der Waals surface area contributed by atoms with Gasteiger partial charge in [0.15, 0.2) is 0 Å². The molecule has 8 nitrogen and oxygen atoms in total. The van der Waals surface area contributed by atoms with Crippen molar-refractivity contribution in [1.82, 2.24) is 14.9 Å². The van der Waals surface area contributed by atoms with Gasteiger partial charge in [-0.2, -0.15) is 13.2 Å². The Balaban J connectivity index is 0.00000456. The maximum atomic E-state index is 13.5. The topological polar surface area (TPSA) is 98.7 Å². The number of hydrogen-bond donors (Lipinski definition) is 0. The van der Waals surface area contributed by atoms with Crippen LogP contribution in [-0.2, 0) is 15.7 Å². The van der Waals surface area contributed by atoms with Crippen molar-refractivity contribution in [1.29, 1.82) is 0 Å². The molecule has 1 aromatic carbocycles. The number of nitrogens with zero attached hydrogens (tertiary/aromatic N) is 4. The van der Waals surface area contributed by atoms with Crippen LogP contribution in [0.15, 0.2) is 24.5 Å². The number of benzene rings is 1. The number of fused-ring (bicyclic) bond motifs is 1. The minimum absolute atomic E-state index is 0. The monoisotopic (exact) mass is 502 g/mol. The van der Waals surface area contributed by atoms with E-state index in [1.807, 2.05) is 11.8 Å². The van der Waals surface area contributed by atoms with Crippen LogP contribution in [0.4, 0.5) is 23.7 Å². The Kier molecular flexibility index (Phi) is 9.65. The summed E-state index contributed by atoms with van der Waals surface area (Å²) in [7, 11) is 0. The van der Waals surface area contributed by atoms with E-state index >= 15 is 0 Å². The van der Waals surface area contributed by atoms with Crippen LogP contribution in [0.1, 0.15) is 52.5 Å². The molecule has 36 heavy (non-hydrogen) atoms. The molecule has 2 heterocycles. The van der Waals surface area contributed by atoms with Crippen molar-refractivity contribution in [3.05, 3.63) is 30.1 Å². The summed E-state index contributed by atoms with van der Waals surface area (Å²) in [6.07, 6.45) is -1.94. The molecule has 0 bridgehead atoms. The molecular weight excluding hydrogens is 472 g/mol. The van der Waals surface area contributed by atoms with Gasteiger partial charge in [-0.15, -0.1) is 0 Å². The molecule has 1 aliphatic heterocycles. The average molecular weight is 502 g/mol. The van der Waals surface area contributed by atoms with E-state index in [1.54, 1.807) is 20.8 Å². The molecule has 1 saturated heterocycles. The molecule has 0 N–H and O–H groups in total. The van der Waals surface area contributed by atoms with E-state index in [9.17, 15) is 27.9 Å². The number of rotatable bonds is 6. The Hall–Kier alpha value is -2.51. The maximum Gasteiger partial charge on any atom is 1.00 e.